The van der Waals surface area contributed by atoms with Gasteiger partial charge in [0.05, 0.1) is 12.6 Å². The van der Waals surface area contributed by atoms with Crippen molar-refractivity contribution >= 4 is 12.0 Å². The maximum atomic E-state index is 11.7. The molecule has 0 bridgehead atoms. The Kier molecular flexibility index (Phi) is 4.54. The van der Waals surface area contributed by atoms with Crippen LogP contribution in [0.5, 0.6) is 0 Å². The van der Waals surface area contributed by atoms with Crippen LogP contribution in [-0.4, -0.2) is 52.3 Å². The van der Waals surface area contributed by atoms with E-state index < -0.39 is 18.0 Å². The minimum atomic E-state index is -1.06. The summed E-state index contributed by atoms with van der Waals surface area (Å²) in [6.07, 6.45) is 2.65. The zero-order valence-electron chi connectivity index (χ0n) is 9.35. The highest BCUT2D eigenvalue weighted by Crippen LogP contribution is 2.16. The molecule has 1 unspecified atom stereocenters. The molecule has 0 aromatic rings. The van der Waals surface area contributed by atoms with Crippen molar-refractivity contribution in [2.75, 3.05) is 13.2 Å². The molecule has 1 rings (SSSR count). The van der Waals surface area contributed by atoms with Crippen LogP contribution in [0, 0.1) is 0 Å². The summed E-state index contributed by atoms with van der Waals surface area (Å²) in [5.41, 5.74) is 0. The van der Waals surface area contributed by atoms with E-state index in [4.69, 9.17) is 10.2 Å². The average molecular weight is 230 g/mol. The van der Waals surface area contributed by atoms with E-state index in [0.717, 1.165) is 19.3 Å². The third kappa shape index (κ3) is 3.10. The van der Waals surface area contributed by atoms with E-state index in [1.165, 1.54) is 11.8 Å². The highest BCUT2D eigenvalue weighted by molar-refractivity contribution is 5.82. The lowest BCUT2D eigenvalue weighted by molar-refractivity contribution is -0.138. The van der Waals surface area contributed by atoms with Gasteiger partial charge in [-0.15, -0.1) is 0 Å². The maximum absolute atomic E-state index is 11.7. The molecule has 1 aliphatic heterocycles. The Hall–Kier alpha value is -1.30. The molecule has 16 heavy (non-hydrogen) atoms. The van der Waals surface area contributed by atoms with Gasteiger partial charge in [0.15, 0.2) is 0 Å². The molecule has 2 amide bonds. The van der Waals surface area contributed by atoms with Gasteiger partial charge in [0.1, 0.15) is 6.04 Å². The molecular formula is C10H18N2O4. The molecule has 1 aliphatic rings. The molecule has 6 heteroatoms. The number of carbonyl (C=O) groups is 2. The highest BCUT2D eigenvalue weighted by Gasteiger charge is 2.27. The van der Waals surface area contributed by atoms with Gasteiger partial charge in [-0.05, 0) is 26.2 Å². The largest absolute Gasteiger partial charge is 0.480 e. The quantitative estimate of drug-likeness (QED) is 0.637. The molecule has 1 saturated heterocycles. The Morgan fingerprint density at radius 1 is 1.50 bits per heavy atom. The number of carboxylic acids is 1. The minimum Gasteiger partial charge on any atom is -0.480 e. The van der Waals surface area contributed by atoms with Crippen LogP contribution in [0.25, 0.3) is 0 Å². The third-order valence-electron chi connectivity index (χ3n) is 2.81. The van der Waals surface area contributed by atoms with Crippen LogP contribution >= 0.6 is 0 Å². The zero-order valence-corrected chi connectivity index (χ0v) is 9.35. The lowest BCUT2D eigenvalue weighted by Gasteiger charge is -2.34. The molecule has 0 aromatic heterocycles. The number of carbonyl (C=O) groups excluding carboxylic acids is 1. The number of aliphatic carboxylic acids is 1. The summed E-state index contributed by atoms with van der Waals surface area (Å²) in [5.74, 6) is -1.06. The van der Waals surface area contributed by atoms with Gasteiger partial charge in [-0.1, -0.05) is 0 Å². The summed E-state index contributed by atoms with van der Waals surface area (Å²) in [7, 11) is 0. The van der Waals surface area contributed by atoms with Crippen molar-refractivity contribution in [2.24, 2.45) is 0 Å². The Morgan fingerprint density at radius 3 is 2.75 bits per heavy atom. The Bertz CT molecular complexity index is 270. The molecule has 0 aromatic carbocycles. The first-order valence-corrected chi connectivity index (χ1v) is 5.47. The van der Waals surface area contributed by atoms with Gasteiger partial charge >= 0.3 is 12.0 Å². The fraction of sp³-hybridized carbons (Fsp3) is 0.800. The number of nitrogens with one attached hydrogen (secondary N) is 1. The number of hydrogen-bond acceptors (Lipinski definition) is 3. The van der Waals surface area contributed by atoms with Crippen LogP contribution in [0.2, 0.25) is 0 Å². The number of aliphatic hydroxyl groups excluding tert-OH is 1. The summed E-state index contributed by atoms with van der Waals surface area (Å²) < 4.78 is 0. The number of nitrogens with zero attached hydrogens (tertiary/aromatic N) is 1. The van der Waals surface area contributed by atoms with E-state index in [9.17, 15) is 9.59 Å². The fourth-order valence-electron chi connectivity index (χ4n) is 1.79. The van der Waals surface area contributed by atoms with Crippen LogP contribution in [0.15, 0.2) is 0 Å². The summed E-state index contributed by atoms with van der Waals surface area (Å²) in [6.45, 7) is 1.91. The van der Waals surface area contributed by atoms with Crippen molar-refractivity contribution in [1.29, 1.82) is 0 Å². The van der Waals surface area contributed by atoms with Gasteiger partial charge in [-0.25, -0.2) is 4.79 Å². The highest BCUT2D eigenvalue weighted by atomic mass is 16.4. The van der Waals surface area contributed by atoms with Gasteiger partial charge in [0.2, 0.25) is 0 Å². The van der Waals surface area contributed by atoms with Crippen molar-refractivity contribution in [3.63, 3.8) is 0 Å². The maximum Gasteiger partial charge on any atom is 0.325 e. The van der Waals surface area contributed by atoms with E-state index >= 15 is 0 Å². The lowest BCUT2D eigenvalue weighted by atomic mass is 10.0. The molecule has 0 aliphatic carbocycles. The van der Waals surface area contributed by atoms with E-state index in [1.807, 2.05) is 0 Å². The van der Waals surface area contributed by atoms with Crippen molar-refractivity contribution in [2.45, 2.75) is 38.3 Å². The van der Waals surface area contributed by atoms with Gasteiger partial charge in [-0.3, -0.25) is 4.79 Å². The summed E-state index contributed by atoms with van der Waals surface area (Å²) in [6, 6.07) is -1.50. The molecule has 0 radical (unpaired) electrons. The second-order valence-corrected chi connectivity index (χ2v) is 4.03. The average Bonchev–Trinajstić information content (AvgIpc) is 2.28. The fourth-order valence-corrected chi connectivity index (χ4v) is 1.79. The number of piperidine rings is 1. The van der Waals surface area contributed by atoms with Crippen LogP contribution in [-0.2, 0) is 4.79 Å². The van der Waals surface area contributed by atoms with Gasteiger partial charge in [-0.2, -0.15) is 0 Å². The third-order valence-corrected chi connectivity index (χ3v) is 2.81. The SMILES string of the molecule is C[C@@H](NC(=O)N1CCCCC1CO)C(=O)O. The van der Waals surface area contributed by atoms with Crippen LogP contribution in [0.4, 0.5) is 4.79 Å². The van der Waals surface area contributed by atoms with Crippen LogP contribution < -0.4 is 5.32 Å². The summed E-state index contributed by atoms with van der Waals surface area (Å²) in [5, 5.41) is 20.2. The van der Waals surface area contributed by atoms with Crippen molar-refractivity contribution in [3.05, 3.63) is 0 Å². The number of amides is 2. The zero-order chi connectivity index (χ0) is 12.1. The number of urea groups is 1. The second kappa shape index (κ2) is 5.69. The first kappa shape index (κ1) is 12.8. The van der Waals surface area contributed by atoms with E-state index in [2.05, 4.69) is 5.32 Å². The topological polar surface area (TPSA) is 89.9 Å². The molecule has 3 N–H and O–H groups in total. The van der Waals surface area contributed by atoms with Crippen molar-refractivity contribution < 1.29 is 19.8 Å². The predicted molar refractivity (Wildman–Crippen MR) is 57.1 cm³/mol. The lowest BCUT2D eigenvalue weighted by Crippen LogP contribution is -2.53. The van der Waals surface area contributed by atoms with E-state index in [1.54, 1.807) is 0 Å². The van der Waals surface area contributed by atoms with Crippen LogP contribution in [0.3, 0.4) is 0 Å². The molecular weight excluding hydrogens is 212 g/mol. The summed E-state index contributed by atoms with van der Waals surface area (Å²) >= 11 is 0. The van der Waals surface area contributed by atoms with Gasteiger partial charge in [0, 0.05) is 6.54 Å². The number of rotatable bonds is 3. The number of carboxylic acid groups (broad SMARTS) is 1. The second-order valence-electron chi connectivity index (χ2n) is 4.03. The Labute approximate surface area is 94.2 Å². The standard InChI is InChI=1S/C10H18N2O4/c1-7(9(14)15)11-10(16)12-5-3-2-4-8(12)6-13/h7-8,13H,2-6H2,1H3,(H,11,16)(H,14,15)/t7-,8?/m1/s1. The summed E-state index contributed by atoms with van der Waals surface area (Å²) in [4.78, 5) is 23.8. The first-order valence-electron chi connectivity index (χ1n) is 5.47. The van der Waals surface area contributed by atoms with Crippen molar-refractivity contribution in [1.82, 2.24) is 10.2 Å². The van der Waals surface area contributed by atoms with Crippen LogP contribution in [0.1, 0.15) is 26.2 Å². The number of aliphatic hydroxyl groups is 1. The number of hydrogen-bond donors (Lipinski definition) is 3. The van der Waals surface area contributed by atoms with Gasteiger partial charge < -0.3 is 20.4 Å². The van der Waals surface area contributed by atoms with E-state index in [0.29, 0.717) is 6.54 Å². The van der Waals surface area contributed by atoms with Gasteiger partial charge in [0.25, 0.3) is 0 Å². The predicted octanol–water partition coefficient (Wildman–Crippen LogP) is 0.0159. The first-order chi connectivity index (χ1) is 7.56. The molecule has 2 atom stereocenters. The van der Waals surface area contributed by atoms with Crippen molar-refractivity contribution in [3.8, 4) is 0 Å². The molecule has 92 valence electrons. The minimum absolute atomic E-state index is 0.0745. The normalized spacial score (nSPS) is 22.6. The molecule has 1 fully saturated rings. The Balaban J connectivity index is 2.54. The molecule has 0 spiro atoms. The molecule has 6 nitrogen and oxygen atoms in total. The number of likely N-dealkylation sites (tertiary alicyclic amines) is 1. The molecule has 1 heterocycles. The Morgan fingerprint density at radius 2 is 2.19 bits per heavy atom. The molecule has 0 saturated carbocycles. The smallest absolute Gasteiger partial charge is 0.325 e. The van der Waals surface area contributed by atoms with E-state index in [-0.39, 0.29) is 12.6 Å². The monoisotopic (exact) mass is 230 g/mol.